The molecular formula is C35H36ClN3O2. The number of likely N-dealkylation sites (tertiary alicyclic amines) is 1. The van der Waals surface area contributed by atoms with Crippen molar-refractivity contribution >= 4 is 39.9 Å². The fourth-order valence-electron chi connectivity index (χ4n) is 6.32. The van der Waals surface area contributed by atoms with Crippen LogP contribution in [0.1, 0.15) is 54.4 Å². The van der Waals surface area contributed by atoms with Gasteiger partial charge >= 0.3 is 0 Å². The van der Waals surface area contributed by atoms with Crippen molar-refractivity contribution in [2.75, 3.05) is 18.4 Å². The zero-order valence-corrected chi connectivity index (χ0v) is 24.0. The number of halogens is 1. The van der Waals surface area contributed by atoms with Crippen LogP contribution in [0.2, 0.25) is 5.02 Å². The summed E-state index contributed by atoms with van der Waals surface area (Å²) in [6.07, 6.45) is 6.08. The number of fused-ring (bicyclic) bond motifs is 1. The second-order valence-corrected chi connectivity index (χ2v) is 11.8. The molecule has 1 saturated heterocycles. The SMILES string of the molecule is O=C(N[C@@H]1CCCC[C@@H]1C(=O)Nc1ccc(-c2ccccc2CN2CCCC2)cc1)c1ccc2cc(Cl)ccc2c1. The molecule has 2 atom stereocenters. The molecule has 0 bridgehead atoms. The van der Waals surface area contributed by atoms with Gasteiger partial charge in [0.15, 0.2) is 0 Å². The summed E-state index contributed by atoms with van der Waals surface area (Å²) in [4.78, 5) is 29.1. The normalized spacial score (nSPS) is 19.2. The largest absolute Gasteiger partial charge is 0.349 e. The first-order valence-corrected chi connectivity index (χ1v) is 15.1. The minimum absolute atomic E-state index is 0.0367. The molecule has 210 valence electrons. The van der Waals surface area contributed by atoms with Gasteiger partial charge in [0.25, 0.3) is 5.91 Å². The standard InChI is InChI=1S/C35H36ClN3O2/c36-29-16-13-25-21-27(12-11-26(25)22-29)34(40)38-33-10-4-3-9-32(33)35(41)37-30-17-14-24(15-18-30)31-8-2-1-7-28(31)23-39-19-5-6-20-39/h1-2,7-8,11-18,21-22,32-33H,3-6,9-10,19-20,23H2,(H,37,41)(H,38,40)/t32-,33+/m0/s1. The molecule has 6 heteroatoms. The molecule has 0 unspecified atom stereocenters. The smallest absolute Gasteiger partial charge is 0.251 e. The molecule has 0 aromatic heterocycles. The third-order valence-electron chi connectivity index (χ3n) is 8.56. The number of amides is 2. The van der Waals surface area contributed by atoms with Crippen LogP contribution in [-0.2, 0) is 11.3 Å². The monoisotopic (exact) mass is 565 g/mol. The van der Waals surface area contributed by atoms with Crippen molar-refractivity contribution in [2.45, 2.75) is 51.1 Å². The van der Waals surface area contributed by atoms with Gasteiger partial charge in [0.2, 0.25) is 5.91 Å². The van der Waals surface area contributed by atoms with E-state index in [1.54, 1.807) is 0 Å². The summed E-state index contributed by atoms with van der Waals surface area (Å²) in [7, 11) is 0. The number of rotatable bonds is 7. The summed E-state index contributed by atoms with van der Waals surface area (Å²) in [5.74, 6) is -0.457. The summed E-state index contributed by atoms with van der Waals surface area (Å²) in [5.41, 5.74) is 5.09. The van der Waals surface area contributed by atoms with E-state index in [4.69, 9.17) is 11.6 Å². The lowest BCUT2D eigenvalue weighted by Crippen LogP contribution is -2.46. The third-order valence-corrected chi connectivity index (χ3v) is 8.79. The lowest BCUT2D eigenvalue weighted by atomic mass is 9.83. The molecule has 41 heavy (non-hydrogen) atoms. The summed E-state index contributed by atoms with van der Waals surface area (Å²) in [6, 6.07) is 27.8. The average Bonchev–Trinajstić information content (AvgIpc) is 3.51. The first kappa shape index (κ1) is 27.5. The molecule has 0 spiro atoms. The van der Waals surface area contributed by atoms with Crippen LogP contribution in [-0.4, -0.2) is 35.8 Å². The highest BCUT2D eigenvalue weighted by Gasteiger charge is 2.32. The Morgan fingerprint density at radius 1 is 0.805 bits per heavy atom. The Morgan fingerprint density at radius 2 is 1.54 bits per heavy atom. The molecule has 6 rings (SSSR count). The number of carbonyl (C=O) groups is 2. The van der Waals surface area contributed by atoms with Gasteiger partial charge in [0.05, 0.1) is 5.92 Å². The summed E-state index contributed by atoms with van der Waals surface area (Å²) in [6.45, 7) is 3.30. The molecule has 2 amide bonds. The van der Waals surface area contributed by atoms with E-state index in [2.05, 4.69) is 51.9 Å². The molecule has 1 aliphatic heterocycles. The molecule has 4 aromatic rings. The van der Waals surface area contributed by atoms with E-state index in [0.29, 0.717) is 10.6 Å². The van der Waals surface area contributed by atoms with Crippen molar-refractivity contribution < 1.29 is 9.59 Å². The van der Waals surface area contributed by atoms with Crippen molar-refractivity contribution in [3.63, 3.8) is 0 Å². The number of nitrogens with zero attached hydrogens (tertiary/aromatic N) is 1. The number of carbonyl (C=O) groups excluding carboxylic acids is 2. The number of nitrogens with one attached hydrogen (secondary N) is 2. The van der Waals surface area contributed by atoms with Crippen molar-refractivity contribution in [3.8, 4) is 11.1 Å². The molecule has 0 radical (unpaired) electrons. The molecule has 2 fully saturated rings. The fraction of sp³-hybridized carbons (Fsp3) is 0.314. The van der Waals surface area contributed by atoms with Crippen LogP contribution in [0.5, 0.6) is 0 Å². The Morgan fingerprint density at radius 3 is 2.37 bits per heavy atom. The third kappa shape index (κ3) is 6.47. The second-order valence-electron chi connectivity index (χ2n) is 11.4. The van der Waals surface area contributed by atoms with Crippen LogP contribution >= 0.6 is 11.6 Å². The van der Waals surface area contributed by atoms with Gasteiger partial charge in [-0.3, -0.25) is 14.5 Å². The van der Waals surface area contributed by atoms with E-state index in [0.717, 1.165) is 54.3 Å². The van der Waals surface area contributed by atoms with Gasteiger partial charge in [-0.15, -0.1) is 0 Å². The van der Waals surface area contributed by atoms with Gasteiger partial charge in [-0.25, -0.2) is 0 Å². The minimum Gasteiger partial charge on any atom is -0.349 e. The first-order chi connectivity index (χ1) is 20.0. The van der Waals surface area contributed by atoms with Crippen LogP contribution in [0.3, 0.4) is 0 Å². The lowest BCUT2D eigenvalue weighted by molar-refractivity contribution is -0.121. The summed E-state index contributed by atoms with van der Waals surface area (Å²) >= 11 is 6.11. The van der Waals surface area contributed by atoms with E-state index < -0.39 is 0 Å². The van der Waals surface area contributed by atoms with Crippen molar-refractivity contribution in [3.05, 3.63) is 101 Å². The van der Waals surface area contributed by atoms with Crippen LogP contribution in [0.15, 0.2) is 84.9 Å². The van der Waals surface area contributed by atoms with Crippen molar-refractivity contribution in [1.82, 2.24) is 10.2 Å². The molecule has 2 aliphatic rings. The highest BCUT2D eigenvalue weighted by molar-refractivity contribution is 6.31. The Hall–Kier alpha value is -3.67. The fourth-order valence-corrected chi connectivity index (χ4v) is 6.50. The predicted octanol–water partition coefficient (Wildman–Crippen LogP) is 7.68. The Kier molecular flexibility index (Phi) is 8.36. The van der Waals surface area contributed by atoms with Crippen LogP contribution in [0, 0.1) is 5.92 Å². The number of anilines is 1. The van der Waals surface area contributed by atoms with E-state index in [1.165, 1.54) is 37.1 Å². The van der Waals surface area contributed by atoms with E-state index in [1.807, 2.05) is 48.5 Å². The highest BCUT2D eigenvalue weighted by Crippen LogP contribution is 2.29. The molecule has 1 heterocycles. The van der Waals surface area contributed by atoms with Gasteiger partial charge in [-0.1, -0.05) is 73.0 Å². The van der Waals surface area contributed by atoms with E-state index >= 15 is 0 Å². The van der Waals surface area contributed by atoms with Crippen molar-refractivity contribution in [2.24, 2.45) is 5.92 Å². The predicted molar refractivity (Wildman–Crippen MR) is 167 cm³/mol. The van der Waals surface area contributed by atoms with Gasteiger partial charge in [-0.2, -0.15) is 0 Å². The summed E-state index contributed by atoms with van der Waals surface area (Å²) in [5, 5.41) is 8.91. The Balaban J connectivity index is 1.11. The second kappa shape index (κ2) is 12.5. The van der Waals surface area contributed by atoms with Crippen LogP contribution in [0.4, 0.5) is 5.69 Å². The maximum absolute atomic E-state index is 13.4. The highest BCUT2D eigenvalue weighted by atomic mass is 35.5. The summed E-state index contributed by atoms with van der Waals surface area (Å²) < 4.78 is 0. The van der Waals surface area contributed by atoms with Crippen LogP contribution < -0.4 is 10.6 Å². The quantitative estimate of drug-likeness (QED) is 0.241. The number of benzene rings is 4. The van der Waals surface area contributed by atoms with E-state index in [9.17, 15) is 9.59 Å². The maximum Gasteiger partial charge on any atom is 0.251 e. The lowest BCUT2D eigenvalue weighted by Gasteiger charge is -2.31. The van der Waals surface area contributed by atoms with Crippen LogP contribution in [0.25, 0.3) is 21.9 Å². The topological polar surface area (TPSA) is 61.4 Å². The van der Waals surface area contributed by atoms with Gasteiger partial charge in [0.1, 0.15) is 0 Å². The maximum atomic E-state index is 13.4. The average molecular weight is 566 g/mol. The number of hydrogen-bond donors (Lipinski definition) is 2. The number of hydrogen-bond acceptors (Lipinski definition) is 3. The zero-order chi connectivity index (χ0) is 28.2. The minimum atomic E-state index is -0.271. The molecule has 1 saturated carbocycles. The first-order valence-electron chi connectivity index (χ1n) is 14.8. The molecule has 1 aliphatic carbocycles. The van der Waals surface area contributed by atoms with Gasteiger partial charge < -0.3 is 10.6 Å². The molecule has 4 aromatic carbocycles. The van der Waals surface area contributed by atoms with E-state index in [-0.39, 0.29) is 23.8 Å². The van der Waals surface area contributed by atoms with Crippen molar-refractivity contribution in [1.29, 1.82) is 0 Å². The van der Waals surface area contributed by atoms with Gasteiger partial charge in [-0.05, 0) is 103 Å². The molecule has 5 nitrogen and oxygen atoms in total. The Labute approximate surface area is 246 Å². The van der Waals surface area contributed by atoms with Gasteiger partial charge in [0, 0.05) is 28.9 Å². The zero-order valence-electron chi connectivity index (χ0n) is 23.2. The molecular weight excluding hydrogens is 530 g/mol. The Bertz CT molecular complexity index is 1550. The molecule has 2 N–H and O–H groups in total.